The van der Waals surface area contributed by atoms with Gasteiger partial charge < -0.3 is 4.74 Å². The molecule has 2 heterocycles. The van der Waals surface area contributed by atoms with Crippen molar-refractivity contribution in [3.05, 3.63) is 33.1 Å². The number of thiazole rings is 1. The van der Waals surface area contributed by atoms with E-state index in [2.05, 4.69) is 4.98 Å². The van der Waals surface area contributed by atoms with Crippen LogP contribution in [0.25, 0.3) is 0 Å². The van der Waals surface area contributed by atoms with E-state index < -0.39 is 0 Å². The first-order valence-electron chi connectivity index (χ1n) is 4.86. The zero-order valence-electron chi connectivity index (χ0n) is 8.80. The summed E-state index contributed by atoms with van der Waals surface area (Å²) in [5.41, 5.74) is 2.92. The van der Waals surface area contributed by atoms with Gasteiger partial charge in [-0.25, -0.2) is 4.98 Å². The van der Waals surface area contributed by atoms with Gasteiger partial charge in [-0.1, -0.05) is 11.3 Å². The van der Waals surface area contributed by atoms with Crippen LogP contribution in [0.4, 0.5) is 0 Å². The molecular weight excluding hydrogens is 242 g/mol. The zero-order valence-corrected chi connectivity index (χ0v) is 10.4. The molecule has 0 aliphatic carbocycles. The van der Waals surface area contributed by atoms with Crippen LogP contribution in [-0.4, -0.2) is 17.9 Å². The zero-order chi connectivity index (χ0) is 11.4. The first-order valence-corrected chi connectivity index (χ1v) is 6.56. The Balaban J connectivity index is 1.84. The maximum atomic E-state index is 10.5. The Labute approximate surface area is 102 Å². The van der Waals surface area contributed by atoms with Gasteiger partial charge in [0.2, 0.25) is 0 Å². The van der Waals surface area contributed by atoms with E-state index >= 15 is 0 Å². The highest BCUT2D eigenvalue weighted by atomic mass is 32.1. The first-order chi connectivity index (χ1) is 7.79. The van der Waals surface area contributed by atoms with Crippen molar-refractivity contribution in [3.63, 3.8) is 0 Å². The average Bonchev–Trinajstić information content (AvgIpc) is 2.89. The Kier molecular flexibility index (Phi) is 3.69. The minimum atomic E-state index is 0.627. The molecule has 0 amide bonds. The molecule has 2 aromatic rings. The fraction of sp³-hybridized carbons (Fsp3) is 0.273. The van der Waals surface area contributed by atoms with Gasteiger partial charge in [-0.2, -0.15) is 0 Å². The predicted octanol–water partition coefficient (Wildman–Crippen LogP) is 2.95. The summed E-state index contributed by atoms with van der Waals surface area (Å²) in [7, 11) is 0. The topological polar surface area (TPSA) is 39.2 Å². The molecule has 2 aromatic heterocycles. The summed E-state index contributed by atoms with van der Waals surface area (Å²) < 4.78 is 5.56. The molecule has 0 aliphatic rings. The number of ether oxygens (including phenoxy) is 1. The third-order valence-electron chi connectivity index (χ3n) is 2.14. The normalized spacial score (nSPS) is 10.3. The molecule has 0 aliphatic heterocycles. The largest absolute Gasteiger partial charge is 0.484 e. The summed E-state index contributed by atoms with van der Waals surface area (Å²) in [4.78, 5) is 16.6. The van der Waals surface area contributed by atoms with E-state index in [-0.39, 0.29) is 0 Å². The predicted molar refractivity (Wildman–Crippen MR) is 65.8 cm³/mol. The summed E-state index contributed by atoms with van der Waals surface area (Å²) >= 11 is 3.02. The van der Waals surface area contributed by atoms with Crippen molar-refractivity contribution < 1.29 is 9.53 Å². The number of thiophene rings is 1. The highest BCUT2D eigenvalue weighted by Gasteiger charge is 2.03. The van der Waals surface area contributed by atoms with Crippen molar-refractivity contribution in [1.29, 1.82) is 0 Å². The summed E-state index contributed by atoms with van der Waals surface area (Å²) in [6.07, 6.45) is 1.70. The number of carbonyl (C=O) groups is 1. The minimum Gasteiger partial charge on any atom is -0.484 e. The van der Waals surface area contributed by atoms with Gasteiger partial charge in [0.1, 0.15) is 0 Å². The van der Waals surface area contributed by atoms with Gasteiger partial charge in [-0.15, -0.1) is 11.3 Å². The number of aldehydes is 1. The maximum absolute atomic E-state index is 10.5. The Bertz CT molecular complexity index is 476. The van der Waals surface area contributed by atoms with Crippen LogP contribution in [0.1, 0.15) is 20.2 Å². The molecule has 2 rings (SSSR count). The lowest BCUT2D eigenvalue weighted by molar-refractivity contribution is 0.112. The molecule has 84 valence electrons. The van der Waals surface area contributed by atoms with Gasteiger partial charge in [0.15, 0.2) is 11.3 Å². The van der Waals surface area contributed by atoms with Crippen LogP contribution in [0.5, 0.6) is 5.06 Å². The number of carbonyl (C=O) groups excluding carboxylic acids is 1. The number of nitrogens with zero attached hydrogens (tertiary/aromatic N) is 1. The van der Waals surface area contributed by atoms with Gasteiger partial charge in [0.25, 0.3) is 0 Å². The molecule has 0 unspecified atom stereocenters. The SMILES string of the molecule is Cc1ncsc1CCOc1ccc(C=O)s1. The molecule has 0 N–H and O–H groups in total. The molecule has 0 saturated carbocycles. The van der Waals surface area contributed by atoms with Crippen molar-refractivity contribution in [2.75, 3.05) is 6.61 Å². The maximum Gasteiger partial charge on any atom is 0.174 e. The van der Waals surface area contributed by atoms with E-state index in [1.165, 1.54) is 16.2 Å². The molecule has 0 fully saturated rings. The first kappa shape index (κ1) is 11.3. The van der Waals surface area contributed by atoms with Crippen molar-refractivity contribution in [3.8, 4) is 5.06 Å². The second-order valence-corrected chi connectivity index (χ2v) is 5.25. The highest BCUT2D eigenvalue weighted by Crippen LogP contribution is 2.23. The van der Waals surface area contributed by atoms with Crippen LogP contribution in [0, 0.1) is 6.92 Å². The summed E-state index contributed by atoms with van der Waals surface area (Å²) in [6, 6.07) is 3.60. The Morgan fingerprint density at radius 2 is 2.38 bits per heavy atom. The van der Waals surface area contributed by atoms with E-state index in [1.54, 1.807) is 17.4 Å². The standard InChI is InChI=1S/C11H11NO2S2/c1-8-10(15-7-12-8)4-5-14-11-3-2-9(6-13)16-11/h2-3,6-7H,4-5H2,1H3. The van der Waals surface area contributed by atoms with Crippen LogP contribution >= 0.6 is 22.7 Å². The van der Waals surface area contributed by atoms with Crippen molar-refractivity contribution in [2.45, 2.75) is 13.3 Å². The molecule has 3 nitrogen and oxygen atoms in total. The lowest BCUT2D eigenvalue weighted by Gasteiger charge is -2.01. The average molecular weight is 253 g/mol. The van der Waals surface area contributed by atoms with E-state index in [1.807, 2.05) is 18.5 Å². The monoisotopic (exact) mass is 253 g/mol. The van der Waals surface area contributed by atoms with Gasteiger partial charge in [-0.3, -0.25) is 4.79 Å². The molecule has 0 atom stereocenters. The third-order valence-corrected chi connectivity index (χ3v) is 4.05. The summed E-state index contributed by atoms with van der Waals surface area (Å²) in [5.74, 6) is 0. The van der Waals surface area contributed by atoms with Gasteiger partial charge in [0, 0.05) is 11.3 Å². The van der Waals surface area contributed by atoms with E-state index in [0.29, 0.717) is 11.5 Å². The second kappa shape index (κ2) is 5.23. The van der Waals surface area contributed by atoms with Crippen molar-refractivity contribution in [2.24, 2.45) is 0 Å². The van der Waals surface area contributed by atoms with Crippen LogP contribution in [-0.2, 0) is 6.42 Å². The Morgan fingerprint density at radius 3 is 3.00 bits per heavy atom. The Hall–Kier alpha value is -1.20. The quantitative estimate of drug-likeness (QED) is 0.769. The van der Waals surface area contributed by atoms with Gasteiger partial charge in [-0.05, 0) is 19.1 Å². The fourth-order valence-electron chi connectivity index (χ4n) is 1.29. The summed E-state index contributed by atoms with van der Waals surface area (Å²) in [6.45, 7) is 2.63. The molecule has 0 aromatic carbocycles. The third kappa shape index (κ3) is 2.68. The number of hydrogen-bond donors (Lipinski definition) is 0. The van der Waals surface area contributed by atoms with Crippen LogP contribution in [0.3, 0.4) is 0 Å². The van der Waals surface area contributed by atoms with E-state index in [0.717, 1.165) is 23.5 Å². The second-order valence-electron chi connectivity index (χ2n) is 3.23. The Morgan fingerprint density at radius 1 is 1.50 bits per heavy atom. The number of aromatic nitrogens is 1. The lowest BCUT2D eigenvalue weighted by atomic mass is 10.3. The fourth-order valence-corrected chi connectivity index (χ4v) is 2.74. The van der Waals surface area contributed by atoms with Gasteiger partial charge in [0.05, 0.1) is 22.7 Å². The molecule has 16 heavy (non-hydrogen) atoms. The number of aryl methyl sites for hydroxylation is 1. The van der Waals surface area contributed by atoms with Crippen molar-refractivity contribution in [1.82, 2.24) is 4.98 Å². The summed E-state index contributed by atoms with van der Waals surface area (Å²) in [5, 5.41) is 0.796. The molecule has 0 bridgehead atoms. The molecule has 5 heteroatoms. The number of rotatable bonds is 5. The smallest absolute Gasteiger partial charge is 0.174 e. The molecule has 0 saturated heterocycles. The highest BCUT2D eigenvalue weighted by molar-refractivity contribution is 7.15. The molecule has 0 radical (unpaired) electrons. The van der Waals surface area contributed by atoms with Gasteiger partial charge >= 0.3 is 0 Å². The molecular formula is C11H11NO2S2. The van der Waals surface area contributed by atoms with Crippen LogP contribution < -0.4 is 4.74 Å². The van der Waals surface area contributed by atoms with Crippen LogP contribution in [0.2, 0.25) is 0 Å². The number of hydrogen-bond acceptors (Lipinski definition) is 5. The van der Waals surface area contributed by atoms with Crippen molar-refractivity contribution >= 4 is 29.0 Å². The van der Waals surface area contributed by atoms with E-state index in [9.17, 15) is 4.79 Å². The van der Waals surface area contributed by atoms with Crippen LogP contribution in [0.15, 0.2) is 17.6 Å². The molecule has 0 spiro atoms. The lowest BCUT2D eigenvalue weighted by Crippen LogP contribution is -1.99. The minimum absolute atomic E-state index is 0.627. The van der Waals surface area contributed by atoms with E-state index in [4.69, 9.17) is 4.74 Å².